The number of nitrogens with zero attached hydrogens (tertiary/aromatic N) is 1. The average Bonchev–Trinajstić information content (AvgIpc) is 2.39. The summed E-state index contributed by atoms with van der Waals surface area (Å²) in [5, 5.41) is 0. The number of carbonyl (C=O) groups excluding carboxylic acids is 1. The second kappa shape index (κ2) is 7.91. The summed E-state index contributed by atoms with van der Waals surface area (Å²) in [5.41, 5.74) is 1.01. The maximum atomic E-state index is 11.7. The Morgan fingerprint density at radius 3 is 2.28 bits per heavy atom. The van der Waals surface area contributed by atoms with Crippen molar-refractivity contribution in [1.29, 1.82) is 0 Å². The van der Waals surface area contributed by atoms with Crippen LogP contribution < -0.4 is 4.90 Å². The van der Waals surface area contributed by atoms with Crippen molar-refractivity contribution in [3.63, 3.8) is 0 Å². The lowest BCUT2D eigenvalue weighted by Crippen LogP contribution is -2.29. The fourth-order valence-corrected chi connectivity index (χ4v) is 2.31. The van der Waals surface area contributed by atoms with Gasteiger partial charge in [0.1, 0.15) is 0 Å². The number of anilines is 1. The molecule has 0 spiro atoms. The highest BCUT2D eigenvalue weighted by molar-refractivity contribution is 5.91. The summed E-state index contributed by atoms with van der Waals surface area (Å²) >= 11 is 0. The van der Waals surface area contributed by atoms with E-state index >= 15 is 0 Å². The molecule has 1 aromatic rings. The molecule has 0 aliphatic carbocycles. The Bertz CT molecular complexity index is 343. The Hall–Kier alpha value is -1.31. The first kappa shape index (κ1) is 14.7. The van der Waals surface area contributed by atoms with Gasteiger partial charge in [-0.1, -0.05) is 44.9 Å². The summed E-state index contributed by atoms with van der Waals surface area (Å²) in [4.78, 5) is 13.6. The van der Waals surface area contributed by atoms with Crippen LogP contribution in [0.2, 0.25) is 0 Å². The Labute approximate surface area is 111 Å². The lowest BCUT2D eigenvalue weighted by Gasteiger charge is -2.22. The van der Waals surface area contributed by atoms with Crippen LogP contribution in [0.15, 0.2) is 30.3 Å². The Morgan fingerprint density at radius 1 is 1.17 bits per heavy atom. The molecular formula is C16H25NO. The quantitative estimate of drug-likeness (QED) is 0.705. The van der Waals surface area contributed by atoms with Gasteiger partial charge < -0.3 is 4.90 Å². The van der Waals surface area contributed by atoms with Crippen LogP contribution in [0.1, 0.15) is 46.5 Å². The molecule has 18 heavy (non-hydrogen) atoms. The standard InChI is InChI=1S/C16H25NO/c1-4-15(5-2)10-9-13-17(14(3)18)16-11-7-6-8-12-16/h6-8,11-12,15H,4-5,9-10,13H2,1-3H3. The molecule has 0 unspecified atom stereocenters. The van der Waals surface area contributed by atoms with Gasteiger partial charge in [0.15, 0.2) is 0 Å². The molecule has 0 N–H and O–H groups in total. The molecule has 0 radical (unpaired) electrons. The lowest BCUT2D eigenvalue weighted by molar-refractivity contribution is -0.116. The molecule has 1 rings (SSSR count). The summed E-state index contributed by atoms with van der Waals surface area (Å²) < 4.78 is 0. The molecule has 100 valence electrons. The molecule has 1 aromatic carbocycles. The van der Waals surface area contributed by atoms with Gasteiger partial charge in [-0.3, -0.25) is 4.79 Å². The van der Waals surface area contributed by atoms with E-state index in [2.05, 4.69) is 13.8 Å². The molecule has 0 aromatic heterocycles. The monoisotopic (exact) mass is 247 g/mol. The maximum absolute atomic E-state index is 11.7. The third kappa shape index (κ3) is 4.52. The van der Waals surface area contributed by atoms with Crippen molar-refractivity contribution in [3.8, 4) is 0 Å². The van der Waals surface area contributed by atoms with Crippen molar-refractivity contribution in [3.05, 3.63) is 30.3 Å². The first-order valence-electron chi connectivity index (χ1n) is 7.02. The van der Waals surface area contributed by atoms with Gasteiger partial charge in [0, 0.05) is 19.2 Å². The normalized spacial score (nSPS) is 10.7. The van der Waals surface area contributed by atoms with Gasteiger partial charge >= 0.3 is 0 Å². The first-order valence-corrected chi connectivity index (χ1v) is 7.02. The summed E-state index contributed by atoms with van der Waals surface area (Å²) in [6.45, 7) is 6.96. The number of hydrogen-bond donors (Lipinski definition) is 0. The molecular weight excluding hydrogens is 222 g/mol. The highest BCUT2D eigenvalue weighted by Gasteiger charge is 2.11. The Morgan fingerprint density at radius 2 is 1.78 bits per heavy atom. The second-order valence-electron chi connectivity index (χ2n) is 4.83. The number of benzene rings is 1. The van der Waals surface area contributed by atoms with Crippen LogP contribution in [-0.2, 0) is 4.79 Å². The number of hydrogen-bond acceptors (Lipinski definition) is 1. The predicted molar refractivity (Wildman–Crippen MR) is 77.8 cm³/mol. The third-order valence-corrected chi connectivity index (χ3v) is 3.60. The van der Waals surface area contributed by atoms with E-state index in [1.807, 2.05) is 35.2 Å². The summed E-state index contributed by atoms with van der Waals surface area (Å²) in [7, 11) is 0. The van der Waals surface area contributed by atoms with Crippen LogP contribution in [0.4, 0.5) is 5.69 Å². The van der Waals surface area contributed by atoms with Gasteiger partial charge in [0.05, 0.1) is 0 Å². The zero-order chi connectivity index (χ0) is 13.4. The molecule has 0 aliphatic heterocycles. The van der Waals surface area contributed by atoms with E-state index in [0.29, 0.717) is 0 Å². The smallest absolute Gasteiger partial charge is 0.223 e. The van der Waals surface area contributed by atoms with Crippen LogP contribution in [-0.4, -0.2) is 12.5 Å². The van der Waals surface area contributed by atoms with E-state index in [4.69, 9.17) is 0 Å². The number of carbonyl (C=O) groups is 1. The van der Waals surface area contributed by atoms with Crippen molar-refractivity contribution >= 4 is 11.6 Å². The lowest BCUT2D eigenvalue weighted by atomic mass is 9.97. The third-order valence-electron chi connectivity index (χ3n) is 3.60. The van der Waals surface area contributed by atoms with Crippen LogP contribution >= 0.6 is 0 Å². The minimum Gasteiger partial charge on any atom is -0.313 e. The fraction of sp³-hybridized carbons (Fsp3) is 0.562. The van der Waals surface area contributed by atoms with Gasteiger partial charge in [-0.15, -0.1) is 0 Å². The van der Waals surface area contributed by atoms with Crippen molar-refractivity contribution in [1.82, 2.24) is 0 Å². The van der Waals surface area contributed by atoms with E-state index in [1.165, 1.54) is 19.3 Å². The summed E-state index contributed by atoms with van der Waals surface area (Å²) in [6, 6.07) is 9.93. The molecule has 0 saturated heterocycles. The van der Waals surface area contributed by atoms with Crippen molar-refractivity contribution in [2.24, 2.45) is 5.92 Å². The zero-order valence-electron chi connectivity index (χ0n) is 11.9. The SMILES string of the molecule is CCC(CC)CCCN(C(C)=O)c1ccccc1. The molecule has 0 aliphatic rings. The van der Waals surface area contributed by atoms with Gasteiger partial charge in [-0.05, 0) is 30.9 Å². The van der Waals surface area contributed by atoms with Gasteiger partial charge in [0.2, 0.25) is 5.91 Å². The predicted octanol–water partition coefficient (Wildman–Crippen LogP) is 4.26. The fourth-order valence-electron chi connectivity index (χ4n) is 2.31. The topological polar surface area (TPSA) is 20.3 Å². The molecule has 1 amide bonds. The number of para-hydroxylation sites is 1. The Balaban J connectivity index is 2.52. The van der Waals surface area contributed by atoms with Crippen molar-refractivity contribution in [2.75, 3.05) is 11.4 Å². The average molecular weight is 247 g/mol. The molecule has 0 fully saturated rings. The highest BCUT2D eigenvalue weighted by Crippen LogP contribution is 2.18. The maximum Gasteiger partial charge on any atom is 0.223 e. The molecule has 0 bridgehead atoms. The molecule has 2 heteroatoms. The van der Waals surface area contributed by atoms with Gasteiger partial charge in [-0.25, -0.2) is 0 Å². The van der Waals surface area contributed by atoms with Crippen LogP contribution in [0.25, 0.3) is 0 Å². The van der Waals surface area contributed by atoms with E-state index in [0.717, 1.165) is 24.6 Å². The first-order chi connectivity index (χ1) is 8.69. The molecule has 0 atom stereocenters. The highest BCUT2D eigenvalue weighted by atomic mass is 16.2. The van der Waals surface area contributed by atoms with E-state index < -0.39 is 0 Å². The van der Waals surface area contributed by atoms with Gasteiger partial charge in [0.25, 0.3) is 0 Å². The summed E-state index contributed by atoms with van der Waals surface area (Å²) in [6.07, 6.45) is 4.77. The molecule has 0 heterocycles. The van der Waals surface area contributed by atoms with Crippen molar-refractivity contribution < 1.29 is 4.79 Å². The van der Waals surface area contributed by atoms with Gasteiger partial charge in [-0.2, -0.15) is 0 Å². The van der Waals surface area contributed by atoms with E-state index in [1.54, 1.807) is 6.92 Å². The molecule has 0 saturated carbocycles. The van der Waals surface area contributed by atoms with Crippen LogP contribution in [0, 0.1) is 5.92 Å². The van der Waals surface area contributed by atoms with Crippen molar-refractivity contribution in [2.45, 2.75) is 46.5 Å². The molecule has 2 nitrogen and oxygen atoms in total. The number of rotatable bonds is 7. The second-order valence-corrected chi connectivity index (χ2v) is 4.83. The van der Waals surface area contributed by atoms with Crippen LogP contribution in [0.3, 0.4) is 0 Å². The minimum atomic E-state index is 0.130. The number of amides is 1. The van der Waals surface area contributed by atoms with Crippen LogP contribution in [0.5, 0.6) is 0 Å². The zero-order valence-corrected chi connectivity index (χ0v) is 11.9. The Kier molecular flexibility index (Phi) is 6.48. The van der Waals surface area contributed by atoms with E-state index in [-0.39, 0.29) is 5.91 Å². The minimum absolute atomic E-state index is 0.130. The van der Waals surface area contributed by atoms with E-state index in [9.17, 15) is 4.79 Å². The summed E-state index contributed by atoms with van der Waals surface area (Å²) in [5.74, 6) is 0.931. The largest absolute Gasteiger partial charge is 0.313 e.